The van der Waals surface area contributed by atoms with Crippen molar-refractivity contribution in [3.8, 4) is 0 Å². The largest absolute Gasteiger partial charge is 0.383 e. The van der Waals surface area contributed by atoms with Crippen LogP contribution >= 0.6 is 11.5 Å². The van der Waals surface area contributed by atoms with Crippen molar-refractivity contribution in [1.82, 2.24) is 14.7 Å². The number of ether oxygens (including phenoxy) is 1. The molecular weight excluding hydrogens is 336 g/mol. The van der Waals surface area contributed by atoms with Crippen molar-refractivity contribution in [1.29, 1.82) is 0 Å². The fourth-order valence-corrected chi connectivity index (χ4v) is 3.23. The minimum absolute atomic E-state index is 0.0247. The van der Waals surface area contributed by atoms with Crippen LogP contribution < -0.4 is 10.2 Å². The van der Waals surface area contributed by atoms with Crippen molar-refractivity contribution < 1.29 is 9.53 Å². The Kier molecular flexibility index (Phi) is 7.81. The Balaban J connectivity index is 1.92. The van der Waals surface area contributed by atoms with Gasteiger partial charge in [-0.1, -0.05) is 30.3 Å². The number of aromatic nitrogens is 2. The normalized spacial score (nSPS) is 10.9. The highest BCUT2D eigenvalue weighted by Crippen LogP contribution is 2.21. The number of carbonyl (C=O) groups is 1. The van der Waals surface area contributed by atoms with Gasteiger partial charge in [-0.2, -0.15) is 4.37 Å². The van der Waals surface area contributed by atoms with Crippen LogP contribution in [0.3, 0.4) is 0 Å². The Bertz CT molecular complexity index is 646. The van der Waals surface area contributed by atoms with E-state index in [0.717, 1.165) is 17.4 Å². The summed E-state index contributed by atoms with van der Waals surface area (Å²) in [5.74, 6) is 0.845. The fourth-order valence-electron chi connectivity index (χ4n) is 2.39. The highest BCUT2D eigenvalue weighted by molar-refractivity contribution is 7.09. The lowest BCUT2D eigenvalue weighted by molar-refractivity contribution is -0.121. The summed E-state index contributed by atoms with van der Waals surface area (Å²) in [5.41, 5.74) is 1.19. The number of nitrogens with zero attached hydrogens (tertiary/aromatic N) is 3. The molecule has 0 unspecified atom stereocenters. The van der Waals surface area contributed by atoms with Crippen molar-refractivity contribution in [3.05, 3.63) is 41.7 Å². The summed E-state index contributed by atoms with van der Waals surface area (Å²) < 4.78 is 9.41. The molecule has 1 aromatic heterocycles. The number of hydrogen-bond donors (Lipinski definition) is 1. The standard InChI is InChI=1S/C18H26N4O2S/c1-14(2)22(11-9-17(23)19-10-12-24-3)18-20-16(21-25-18)13-15-7-5-4-6-8-15/h4-8,14H,9-13H2,1-3H3,(H,19,23). The van der Waals surface area contributed by atoms with Gasteiger partial charge >= 0.3 is 0 Å². The van der Waals surface area contributed by atoms with Crippen LogP contribution in [0.5, 0.6) is 0 Å². The number of nitrogens with one attached hydrogen (secondary N) is 1. The van der Waals surface area contributed by atoms with Crippen LogP contribution in [-0.2, 0) is 16.0 Å². The molecule has 0 saturated carbocycles. The average Bonchev–Trinajstić information content (AvgIpc) is 3.04. The van der Waals surface area contributed by atoms with Crippen LogP contribution in [0.2, 0.25) is 0 Å². The highest BCUT2D eigenvalue weighted by Gasteiger charge is 2.17. The monoisotopic (exact) mass is 362 g/mol. The molecule has 1 aromatic carbocycles. The predicted molar refractivity (Wildman–Crippen MR) is 101 cm³/mol. The number of amides is 1. The molecule has 136 valence electrons. The van der Waals surface area contributed by atoms with Gasteiger partial charge in [0, 0.05) is 50.6 Å². The van der Waals surface area contributed by atoms with E-state index < -0.39 is 0 Å². The molecule has 0 radical (unpaired) electrons. The second kappa shape index (κ2) is 10.1. The summed E-state index contributed by atoms with van der Waals surface area (Å²) in [6.45, 7) is 5.88. The molecule has 0 fully saturated rings. The minimum atomic E-state index is 0.0247. The molecule has 0 aliphatic carbocycles. The number of rotatable bonds is 10. The van der Waals surface area contributed by atoms with Crippen molar-refractivity contribution in [2.24, 2.45) is 0 Å². The molecule has 1 N–H and O–H groups in total. The Morgan fingerprint density at radius 3 is 2.76 bits per heavy atom. The van der Waals surface area contributed by atoms with Crippen LogP contribution in [0.25, 0.3) is 0 Å². The van der Waals surface area contributed by atoms with E-state index in [-0.39, 0.29) is 11.9 Å². The summed E-state index contributed by atoms with van der Waals surface area (Å²) >= 11 is 1.39. The molecule has 6 nitrogen and oxygen atoms in total. The lowest BCUT2D eigenvalue weighted by atomic mass is 10.1. The first kappa shape index (κ1) is 19.3. The molecule has 7 heteroatoms. The molecule has 1 heterocycles. The fraction of sp³-hybridized carbons (Fsp3) is 0.500. The SMILES string of the molecule is COCCNC(=O)CCN(c1nc(Cc2ccccc2)ns1)C(C)C. The third kappa shape index (κ3) is 6.43. The molecule has 0 atom stereocenters. The zero-order valence-electron chi connectivity index (χ0n) is 15.1. The Morgan fingerprint density at radius 2 is 2.08 bits per heavy atom. The molecule has 2 aromatic rings. The summed E-state index contributed by atoms with van der Waals surface area (Å²) in [5, 5.41) is 3.71. The average molecular weight is 362 g/mol. The highest BCUT2D eigenvalue weighted by atomic mass is 32.1. The first-order valence-electron chi connectivity index (χ1n) is 8.49. The molecule has 0 spiro atoms. The summed E-state index contributed by atoms with van der Waals surface area (Å²) in [6, 6.07) is 10.4. The molecule has 0 aliphatic rings. The zero-order chi connectivity index (χ0) is 18.1. The number of benzene rings is 1. The van der Waals surface area contributed by atoms with Gasteiger partial charge in [-0.25, -0.2) is 4.98 Å². The molecule has 25 heavy (non-hydrogen) atoms. The van der Waals surface area contributed by atoms with Gasteiger partial charge < -0.3 is 15.0 Å². The lowest BCUT2D eigenvalue weighted by Gasteiger charge is -2.25. The molecule has 1 amide bonds. The van der Waals surface area contributed by atoms with E-state index in [1.54, 1.807) is 7.11 Å². The van der Waals surface area contributed by atoms with Crippen LogP contribution in [0.1, 0.15) is 31.7 Å². The van der Waals surface area contributed by atoms with E-state index >= 15 is 0 Å². The number of methoxy groups -OCH3 is 1. The van der Waals surface area contributed by atoms with Gasteiger partial charge in [-0.05, 0) is 19.4 Å². The van der Waals surface area contributed by atoms with E-state index in [2.05, 4.69) is 45.6 Å². The van der Waals surface area contributed by atoms with Gasteiger partial charge in [0.15, 0.2) is 0 Å². The van der Waals surface area contributed by atoms with Crippen LogP contribution in [0.4, 0.5) is 5.13 Å². The van der Waals surface area contributed by atoms with Crippen LogP contribution in [0, 0.1) is 0 Å². The van der Waals surface area contributed by atoms with Crippen LogP contribution in [-0.4, -0.2) is 48.1 Å². The molecule has 0 aliphatic heterocycles. The summed E-state index contributed by atoms with van der Waals surface area (Å²) in [6.07, 6.45) is 1.15. The molecular formula is C18H26N4O2S. The number of anilines is 1. The molecule has 0 saturated heterocycles. The van der Waals surface area contributed by atoms with E-state index in [1.165, 1.54) is 17.1 Å². The zero-order valence-corrected chi connectivity index (χ0v) is 15.9. The van der Waals surface area contributed by atoms with E-state index in [9.17, 15) is 4.79 Å². The molecule has 2 rings (SSSR count). The third-order valence-electron chi connectivity index (χ3n) is 3.74. The molecule has 0 bridgehead atoms. The van der Waals surface area contributed by atoms with Crippen LogP contribution in [0.15, 0.2) is 30.3 Å². The predicted octanol–water partition coefficient (Wildman–Crippen LogP) is 2.50. The quantitative estimate of drug-likeness (QED) is 0.658. The minimum Gasteiger partial charge on any atom is -0.383 e. The smallest absolute Gasteiger partial charge is 0.221 e. The van der Waals surface area contributed by atoms with Crippen molar-refractivity contribution in [3.63, 3.8) is 0 Å². The van der Waals surface area contributed by atoms with Gasteiger partial charge in [-0.15, -0.1) is 0 Å². The number of hydrogen-bond acceptors (Lipinski definition) is 6. The second-order valence-corrected chi connectivity index (χ2v) is 6.77. The third-order valence-corrected chi connectivity index (χ3v) is 4.53. The van der Waals surface area contributed by atoms with Gasteiger partial charge in [0.05, 0.1) is 6.61 Å². The number of carbonyl (C=O) groups excluding carboxylic acids is 1. The Hall–Kier alpha value is -1.99. The Labute approximate surface area is 153 Å². The van der Waals surface area contributed by atoms with Gasteiger partial charge in [0.25, 0.3) is 0 Å². The lowest BCUT2D eigenvalue weighted by Crippen LogP contribution is -2.36. The summed E-state index contributed by atoms with van der Waals surface area (Å²) in [7, 11) is 1.62. The second-order valence-electron chi connectivity index (χ2n) is 6.04. The maximum Gasteiger partial charge on any atom is 0.221 e. The van der Waals surface area contributed by atoms with Gasteiger partial charge in [0.1, 0.15) is 5.82 Å². The van der Waals surface area contributed by atoms with Crippen molar-refractivity contribution in [2.45, 2.75) is 32.7 Å². The Morgan fingerprint density at radius 1 is 1.32 bits per heavy atom. The van der Waals surface area contributed by atoms with Gasteiger partial charge in [0.2, 0.25) is 11.0 Å². The maximum absolute atomic E-state index is 11.9. The van der Waals surface area contributed by atoms with E-state index in [1.807, 2.05) is 18.2 Å². The first-order valence-corrected chi connectivity index (χ1v) is 9.26. The van der Waals surface area contributed by atoms with Crippen molar-refractivity contribution >= 4 is 22.6 Å². The van der Waals surface area contributed by atoms with Gasteiger partial charge in [-0.3, -0.25) is 4.79 Å². The maximum atomic E-state index is 11.9. The van der Waals surface area contributed by atoms with E-state index in [4.69, 9.17) is 4.74 Å². The summed E-state index contributed by atoms with van der Waals surface area (Å²) in [4.78, 5) is 18.7. The first-order chi connectivity index (χ1) is 12.1. The topological polar surface area (TPSA) is 67.3 Å². The van der Waals surface area contributed by atoms with E-state index in [0.29, 0.717) is 26.1 Å². The van der Waals surface area contributed by atoms with Crippen molar-refractivity contribution in [2.75, 3.05) is 31.7 Å².